The molecule has 0 aromatic carbocycles. The second kappa shape index (κ2) is 7.43. The molecule has 1 N–H and O–H groups in total. The first kappa shape index (κ1) is 11.3. The standard InChI is InChI=1S/C5H11NO2.CH4/c1-6-5(7)3-4-8-2;/h3-4H2,1-2H3,(H,6,7);1H4. The van der Waals surface area contributed by atoms with Crippen LogP contribution in [0.5, 0.6) is 0 Å². The molecule has 0 aliphatic heterocycles. The number of nitrogens with one attached hydrogen (secondary N) is 1. The van der Waals surface area contributed by atoms with Crippen LogP contribution in [0.25, 0.3) is 0 Å². The number of amides is 1. The summed E-state index contributed by atoms with van der Waals surface area (Å²) >= 11 is 0. The van der Waals surface area contributed by atoms with Crippen molar-refractivity contribution < 1.29 is 9.53 Å². The SMILES string of the molecule is C.CNC(=O)CCOC. The van der Waals surface area contributed by atoms with Crippen molar-refractivity contribution in [2.75, 3.05) is 20.8 Å². The van der Waals surface area contributed by atoms with E-state index >= 15 is 0 Å². The zero-order valence-electron chi connectivity index (χ0n) is 5.23. The fourth-order valence-electron chi connectivity index (χ4n) is 0.320. The fourth-order valence-corrected chi connectivity index (χ4v) is 0.320. The van der Waals surface area contributed by atoms with Gasteiger partial charge in [0.15, 0.2) is 0 Å². The maximum absolute atomic E-state index is 10.4. The molecule has 0 rings (SSSR count). The molecule has 0 radical (unpaired) electrons. The van der Waals surface area contributed by atoms with E-state index in [1.54, 1.807) is 14.2 Å². The van der Waals surface area contributed by atoms with Crippen molar-refractivity contribution in [3.05, 3.63) is 0 Å². The highest BCUT2D eigenvalue weighted by atomic mass is 16.5. The Morgan fingerprint density at radius 3 is 2.56 bits per heavy atom. The summed E-state index contributed by atoms with van der Waals surface area (Å²) in [5.41, 5.74) is 0. The van der Waals surface area contributed by atoms with Crippen LogP contribution in [-0.4, -0.2) is 26.7 Å². The van der Waals surface area contributed by atoms with Crippen molar-refractivity contribution in [2.24, 2.45) is 0 Å². The van der Waals surface area contributed by atoms with Gasteiger partial charge in [-0.15, -0.1) is 0 Å². The summed E-state index contributed by atoms with van der Waals surface area (Å²) in [6.07, 6.45) is 0.451. The summed E-state index contributed by atoms with van der Waals surface area (Å²) < 4.78 is 4.65. The van der Waals surface area contributed by atoms with Crippen molar-refractivity contribution >= 4 is 5.91 Å². The first-order chi connectivity index (χ1) is 3.81. The molecule has 0 spiro atoms. The summed E-state index contributed by atoms with van der Waals surface area (Å²) in [6, 6.07) is 0. The van der Waals surface area contributed by atoms with Gasteiger partial charge in [-0.1, -0.05) is 7.43 Å². The number of carbonyl (C=O) groups excluding carboxylic acids is 1. The number of carbonyl (C=O) groups is 1. The molecule has 0 aliphatic rings. The van der Waals surface area contributed by atoms with Crippen LogP contribution in [-0.2, 0) is 9.53 Å². The Morgan fingerprint density at radius 2 is 2.22 bits per heavy atom. The van der Waals surface area contributed by atoms with Crippen LogP contribution in [0.3, 0.4) is 0 Å². The number of hydrogen-bond acceptors (Lipinski definition) is 2. The van der Waals surface area contributed by atoms with Crippen molar-refractivity contribution in [1.29, 1.82) is 0 Å². The molecule has 0 aromatic rings. The van der Waals surface area contributed by atoms with E-state index in [-0.39, 0.29) is 13.3 Å². The first-order valence-electron chi connectivity index (χ1n) is 2.50. The van der Waals surface area contributed by atoms with Crippen LogP contribution in [0.1, 0.15) is 13.8 Å². The molecule has 0 aromatic heterocycles. The maximum atomic E-state index is 10.4. The number of hydrogen-bond donors (Lipinski definition) is 1. The summed E-state index contributed by atoms with van der Waals surface area (Å²) in [5, 5.41) is 2.48. The quantitative estimate of drug-likeness (QED) is 0.605. The molecule has 0 atom stereocenters. The van der Waals surface area contributed by atoms with Crippen LogP contribution < -0.4 is 5.32 Å². The predicted molar refractivity (Wildman–Crippen MR) is 37.3 cm³/mol. The minimum Gasteiger partial charge on any atom is -0.384 e. The lowest BCUT2D eigenvalue weighted by molar-refractivity contribution is -0.121. The highest BCUT2D eigenvalue weighted by Crippen LogP contribution is 1.76. The number of methoxy groups -OCH3 is 1. The van der Waals surface area contributed by atoms with Gasteiger partial charge in [0.05, 0.1) is 6.61 Å². The van der Waals surface area contributed by atoms with Crippen molar-refractivity contribution in [2.45, 2.75) is 13.8 Å². The molecule has 56 valence electrons. The van der Waals surface area contributed by atoms with Gasteiger partial charge in [-0.2, -0.15) is 0 Å². The van der Waals surface area contributed by atoms with Gasteiger partial charge >= 0.3 is 0 Å². The molecule has 3 nitrogen and oxygen atoms in total. The molecule has 0 heterocycles. The average Bonchev–Trinajstić information content (AvgIpc) is 1.83. The average molecular weight is 133 g/mol. The van der Waals surface area contributed by atoms with Crippen LogP contribution >= 0.6 is 0 Å². The molecule has 0 unspecified atom stereocenters. The Kier molecular flexibility index (Phi) is 9.29. The predicted octanol–water partition coefficient (Wildman–Crippen LogP) is 0.405. The van der Waals surface area contributed by atoms with Gasteiger partial charge in [0.2, 0.25) is 5.91 Å². The van der Waals surface area contributed by atoms with E-state index < -0.39 is 0 Å². The van der Waals surface area contributed by atoms with E-state index in [1.165, 1.54) is 0 Å². The van der Waals surface area contributed by atoms with Crippen LogP contribution in [0.15, 0.2) is 0 Å². The smallest absolute Gasteiger partial charge is 0.222 e. The van der Waals surface area contributed by atoms with E-state index in [9.17, 15) is 4.79 Å². The number of rotatable bonds is 3. The Labute approximate surface area is 56.4 Å². The van der Waals surface area contributed by atoms with Crippen LogP contribution in [0.4, 0.5) is 0 Å². The molecular formula is C6H15NO2. The summed E-state index contributed by atoms with van der Waals surface area (Å²) in [6.45, 7) is 0.500. The Hall–Kier alpha value is -0.570. The van der Waals surface area contributed by atoms with Crippen LogP contribution in [0, 0.1) is 0 Å². The van der Waals surface area contributed by atoms with Gasteiger partial charge in [-0.3, -0.25) is 4.79 Å². The second-order valence-corrected chi connectivity index (χ2v) is 1.42. The monoisotopic (exact) mass is 133 g/mol. The Bertz CT molecular complexity index is 73.5. The minimum atomic E-state index is 0. The van der Waals surface area contributed by atoms with Crippen molar-refractivity contribution in [3.8, 4) is 0 Å². The summed E-state index contributed by atoms with van der Waals surface area (Å²) in [5.74, 6) is 0.0202. The fraction of sp³-hybridized carbons (Fsp3) is 0.833. The lowest BCUT2D eigenvalue weighted by Crippen LogP contribution is -2.18. The van der Waals surface area contributed by atoms with Gasteiger partial charge in [0.1, 0.15) is 0 Å². The highest BCUT2D eigenvalue weighted by molar-refractivity contribution is 5.75. The molecule has 0 saturated heterocycles. The third kappa shape index (κ3) is 7.43. The van der Waals surface area contributed by atoms with Gasteiger partial charge in [0.25, 0.3) is 0 Å². The van der Waals surface area contributed by atoms with Gasteiger partial charge in [-0.05, 0) is 0 Å². The molecule has 0 fully saturated rings. The first-order valence-corrected chi connectivity index (χ1v) is 2.50. The lowest BCUT2D eigenvalue weighted by atomic mass is 10.4. The van der Waals surface area contributed by atoms with Crippen molar-refractivity contribution in [3.63, 3.8) is 0 Å². The molecule has 9 heavy (non-hydrogen) atoms. The van der Waals surface area contributed by atoms with E-state index in [0.29, 0.717) is 13.0 Å². The van der Waals surface area contributed by atoms with E-state index in [0.717, 1.165) is 0 Å². The maximum Gasteiger partial charge on any atom is 0.222 e. The van der Waals surface area contributed by atoms with E-state index in [4.69, 9.17) is 0 Å². The lowest BCUT2D eigenvalue weighted by Gasteiger charge is -1.95. The van der Waals surface area contributed by atoms with E-state index in [2.05, 4.69) is 10.1 Å². The number of ether oxygens (including phenoxy) is 1. The Morgan fingerprint density at radius 1 is 1.67 bits per heavy atom. The topological polar surface area (TPSA) is 38.3 Å². The molecule has 0 aliphatic carbocycles. The molecule has 1 amide bonds. The third-order valence-corrected chi connectivity index (χ3v) is 0.812. The molecule has 0 bridgehead atoms. The van der Waals surface area contributed by atoms with Crippen molar-refractivity contribution in [1.82, 2.24) is 5.32 Å². The van der Waals surface area contributed by atoms with Gasteiger partial charge < -0.3 is 10.1 Å². The molecular weight excluding hydrogens is 118 g/mol. The van der Waals surface area contributed by atoms with Gasteiger partial charge in [-0.25, -0.2) is 0 Å². The Balaban J connectivity index is 0. The van der Waals surface area contributed by atoms with E-state index in [1.807, 2.05) is 0 Å². The zero-order chi connectivity index (χ0) is 6.41. The summed E-state index contributed by atoms with van der Waals surface area (Å²) in [4.78, 5) is 10.4. The van der Waals surface area contributed by atoms with Crippen LogP contribution in [0.2, 0.25) is 0 Å². The summed E-state index contributed by atoms with van der Waals surface area (Å²) in [7, 11) is 3.18. The minimum absolute atomic E-state index is 0. The highest BCUT2D eigenvalue weighted by Gasteiger charge is 1.93. The van der Waals surface area contributed by atoms with Gasteiger partial charge in [0, 0.05) is 20.6 Å². The zero-order valence-corrected chi connectivity index (χ0v) is 5.23. The molecule has 0 saturated carbocycles. The second-order valence-electron chi connectivity index (χ2n) is 1.42. The normalized spacial score (nSPS) is 7.78. The molecule has 3 heteroatoms. The largest absolute Gasteiger partial charge is 0.384 e. The third-order valence-electron chi connectivity index (χ3n) is 0.812.